The van der Waals surface area contributed by atoms with Crippen LogP contribution in [0.1, 0.15) is 29.5 Å². The largest absolute Gasteiger partial charge is 0.496 e. The van der Waals surface area contributed by atoms with Gasteiger partial charge in [-0.1, -0.05) is 6.07 Å². The average molecular weight is 405 g/mol. The second kappa shape index (κ2) is 9.36. The molecule has 6 heteroatoms. The first-order chi connectivity index (χ1) is 14.4. The molecule has 1 heterocycles. The lowest BCUT2D eigenvalue weighted by Gasteiger charge is -2.22. The lowest BCUT2D eigenvalue weighted by Crippen LogP contribution is -2.18. The maximum atomic E-state index is 12.7. The van der Waals surface area contributed by atoms with E-state index in [1.165, 1.54) is 6.08 Å². The molecule has 0 unspecified atom stereocenters. The number of hydrogen-bond acceptors (Lipinski definition) is 5. The molecule has 0 aromatic heterocycles. The van der Waals surface area contributed by atoms with Crippen LogP contribution < -0.4 is 19.7 Å². The fraction of sp³-hybridized carbons (Fsp3) is 0.333. The van der Waals surface area contributed by atoms with Gasteiger partial charge in [0.15, 0.2) is 0 Å². The van der Waals surface area contributed by atoms with Gasteiger partial charge in [0.05, 0.1) is 19.9 Å². The second-order valence-electron chi connectivity index (χ2n) is 7.46. The molecule has 0 bridgehead atoms. The third-order valence-corrected chi connectivity index (χ3v) is 5.12. The van der Waals surface area contributed by atoms with Gasteiger partial charge in [-0.05, 0) is 62.1 Å². The molecule has 30 heavy (non-hydrogen) atoms. The van der Waals surface area contributed by atoms with E-state index in [0.29, 0.717) is 22.7 Å². The van der Waals surface area contributed by atoms with Gasteiger partial charge in [0.25, 0.3) is 5.91 Å². The number of benzene rings is 2. The van der Waals surface area contributed by atoms with E-state index < -0.39 is 5.91 Å². The van der Waals surface area contributed by atoms with Crippen molar-refractivity contribution in [3.05, 3.63) is 52.6 Å². The Hall–Kier alpha value is -3.46. The van der Waals surface area contributed by atoms with Crippen molar-refractivity contribution in [3.8, 4) is 17.6 Å². The minimum Gasteiger partial charge on any atom is -0.496 e. The Morgan fingerprint density at radius 2 is 1.67 bits per heavy atom. The van der Waals surface area contributed by atoms with E-state index >= 15 is 0 Å². The highest BCUT2D eigenvalue weighted by atomic mass is 16.5. The normalized spacial score (nSPS) is 13.7. The molecule has 1 amide bonds. The van der Waals surface area contributed by atoms with Crippen molar-refractivity contribution >= 4 is 23.4 Å². The summed E-state index contributed by atoms with van der Waals surface area (Å²) in [5, 5.41) is 12.4. The monoisotopic (exact) mass is 405 g/mol. The molecule has 156 valence electrons. The molecule has 0 atom stereocenters. The third kappa shape index (κ3) is 4.74. The second-order valence-corrected chi connectivity index (χ2v) is 7.46. The summed E-state index contributed by atoms with van der Waals surface area (Å²) in [4.78, 5) is 15.0. The van der Waals surface area contributed by atoms with Gasteiger partial charge in [0.2, 0.25) is 0 Å². The van der Waals surface area contributed by atoms with Crippen LogP contribution in [0, 0.1) is 25.2 Å². The van der Waals surface area contributed by atoms with Crippen LogP contribution >= 0.6 is 0 Å². The highest BCUT2D eigenvalue weighted by Gasteiger charge is 2.20. The minimum atomic E-state index is -0.466. The lowest BCUT2D eigenvalue weighted by atomic mass is 10.1. The van der Waals surface area contributed by atoms with Crippen LogP contribution in [-0.2, 0) is 4.79 Å². The van der Waals surface area contributed by atoms with E-state index in [-0.39, 0.29) is 5.57 Å². The molecule has 0 radical (unpaired) electrons. The van der Waals surface area contributed by atoms with Crippen molar-refractivity contribution in [2.45, 2.75) is 26.7 Å². The summed E-state index contributed by atoms with van der Waals surface area (Å²) in [5.74, 6) is 0.813. The first-order valence-electron chi connectivity index (χ1n) is 9.97. The summed E-state index contributed by atoms with van der Waals surface area (Å²) >= 11 is 0. The Kier molecular flexibility index (Phi) is 6.63. The van der Waals surface area contributed by atoms with E-state index in [4.69, 9.17) is 9.47 Å². The standard InChI is InChI=1S/C24H27N3O3/c1-16-9-17(2)11-20(10-16)26-24(28)19(15-25)12-18-13-23(30-4)21(14-22(18)29-3)27-7-5-6-8-27/h9-14H,5-8H2,1-4H3,(H,26,28)/b19-12-. The summed E-state index contributed by atoms with van der Waals surface area (Å²) in [6.07, 6.45) is 3.82. The predicted octanol–water partition coefficient (Wildman–Crippen LogP) is 4.47. The third-order valence-electron chi connectivity index (χ3n) is 5.12. The van der Waals surface area contributed by atoms with E-state index in [9.17, 15) is 10.1 Å². The number of nitriles is 1. The Bertz CT molecular complexity index is 995. The molecule has 1 fully saturated rings. The SMILES string of the molecule is COc1cc(N2CCCC2)c(OC)cc1/C=C(/C#N)C(=O)Nc1cc(C)cc(C)c1. The highest BCUT2D eigenvalue weighted by molar-refractivity contribution is 6.10. The fourth-order valence-corrected chi connectivity index (χ4v) is 3.77. The van der Waals surface area contributed by atoms with Crippen molar-refractivity contribution in [2.75, 3.05) is 37.5 Å². The maximum Gasteiger partial charge on any atom is 0.266 e. The van der Waals surface area contributed by atoms with Gasteiger partial charge in [-0.2, -0.15) is 5.26 Å². The number of carbonyl (C=O) groups excluding carboxylic acids is 1. The smallest absolute Gasteiger partial charge is 0.266 e. The Morgan fingerprint density at radius 1 is 1.03 bits per heavy atom. The molecule has 1 aliphatic rings. The van der Waals surface area contributed by atoms with Crippen LogP contribution in [0.3, 0.4) is 0 Å². The zero-order valence-electron chi connectivity index (χ0n) is 17.9. The first kappa shape index (κ1) is 21.3. The maximum absolute atomic E-state index is 12.7. The van der Waals surface area contributed by atoms with Crippen LogP contribution in [0.5, 0.6) is 11.5 Å². The average Bonchev–Trinajstić information content (AvgIpc) is 3.25. The predicted molar refractivity (Wildman–Crippen MR) is 119 cm³/mol. The molecule has 1 N–H and O–H groups in total. The van der Waals surface area contributed by atoms with Crippen LogP contribution in [0.2, 0.25) is 0 Å². The van der Waals surface area contributed by atoms with E-state index in [0.717, 1.165) is 42.7 Å². The first-order valence-corrected chi connectivity index (χ1v) is 9.97. The molecule has 0 saturated carbocycles. The van der Waals surface area contributed by atoms with Crippen LogP contribution in [0.25, 0.3) is 6.08 Å². The van der Waals surface area contributed by atoms with Crippen molar-refractivity contribution in [3.63, 3.8) is 0 Å². The molecule has 2 aromatic carbocycles. The van der Waals surface area contributed by atoms with Gasteiger partial charge in [0, 0.05) is 30.4 Å². The van der Waals surface area contributed by atoms with Gasteiger partial charge in [0.1, 0.15) is 23.1 Å². The summed E-state index contributed by atoms with van der Waals surface area (Å²) in [5.41, 5.74) is 4.30. The number of amides is 1. The lowest BCUT2D eigenvalue weighted by molar-refractivity contribution is -0.112. The van der Waals surface area contributed by atoms with Gasteiger partial charge in [-0.15, -0.1) is 0 Å². The molecule has 2 aromatic rings. The van der Waals surface area contributed by atoms with Crippen LogP contribution in [0.4, 0.5) is 11.4 Å². The summed E-state index contributed by atoms with van der Waals surface area (Å²) in [6, 6.07) is 11.5. The number of aryl methyl sites for hydroxylation is 2. The zero-order chi connectivity index (χ0) is 21.7. The number of nitrogens with one attached hydrogen (secondary N) is 1. The summed E-state index contributed by atoms with van der Waals surface area (Å²) in [6.45, 7) is 5.86. The van der Waals surface area contributed by atoms with Crippen LogP contribution in [-0.4, -0.2) is 33.2 Å². The Labute approximate surface area is 177 Å². The molecule has 1 saturated heterocycles. The Morgan fingerprint density at radius 3 is 2.23 bits per heavy atom. The van der Waals surface area contributed by atoms with Gasteiger partial charge in [-0.25, -0.2) is 0 Å². The number of ether oxygens (including phenoxy) is 2. The van der Waals surface area contributed by atoms with Crippen molar-refractivity contribution in [2.24, 2.45) is 0 Å². The number of anilines is 2. The number of nitrogens with zero attached hydrogens (tertiary/aromatic N) is 2. The van der Waals surface area contributed by atoms with E-state index in [1.807, 2.05) is 50.2 Å². The quantitative estimate of drug-likeness (QED) is 0.567. The van der Waals surface area contributed by atoms with Crippen LogP contribution in [0.15, 0.2) is 35.9 Å². The minimum absolute atomic E-state index is 0.0107. The topological polar surface area (TPSA) is 74.6 Å². The molecular weight excluding hydrogens is 378 g/mol. The van der Waals surface area contributed by atoms with Crippen molar-refractivity contribution in [1.82, 2.24) is 0 Å². The van der Waals surface area contributed by atoms with Gasteiger partial charge >= 0.3 is 0 Å². The highest BCUT2D eigenvalue weighted by Crippen LogP contribution is 2.38. The van der Waals surface area contributed by atoms with Gasteiger partial charge in [-0.3, -0.25) is 4.79 Å². The molecule has 1 aliphatic heterocycles. The molecule has 0 spiro atoms. The molecule has 0 aliphatic carbocycles. The van der Waals surface area contributed by atoms with Gasteiger partial charge < -0.3 is 19.7 Å². The zero-order valence-corrected chi connectivity index (χ0v) is 17.9. The van der Waals surface area contributed by atoms with E-state index in [2.05, 4.69) is 10.2 Å². The molecular formula is C24H27N3O3. The number of rotatable bonds is 6. The summed E-state index contributed by atoms with van der Waals surface area (Å²) < 4.78 is 11.1. The number of methoxy groups -OCH3 is 2. The summed E-state index contributed by atoms with van der Waals surface area (Å²) in [7, 11) is 3.20. The van der Waals surface area contributed by atoms with Crippen molar-refractivity contribution in [1.29, 1.82) is 5.26 Å². The fourth-order valence-electron chi connectivity index (χ4n) is 3.77. The number of hydrogen-bond donors (Lipinski definition) is 1. The molecule has 6 nitrogen and oxygen atoms in total. The Balaban J connectivity index is 1.94. The van der Waals surface area contributed by atoms with Crippen molar-refractivity contribution < 1.29 is 14.3 Å². The molecule has 3 rings (SSSR count). The number of carbonyl (C=O) groups is 1. The van der Waals surface area contributed by atoms with E-state index in [1.54, 1.807) is 14.2 Å².